The van der Waals surface area contributed by atoms with E-state index in [-0.39, 0.29) is 5.54 Å². The Kier molecular flexibility index (Phi) is 4.77. The lowest BCUT2D eigenvalue weighted by molar-refractivity contribution is -0.0152. The fourth-order valence-corrected chi connectivity index (χ4v) is 2.54. The predicted molar refractivity (Wildman–Crippen MR) is 68.8 cm³/mol. The molecule has 0 aromatic heterocycles. The number of nitrogens with zero attached hydrogens (tertiary/aromatic N) is 2. The van der Waals surface area contributed by atoms with E-state index in [1.165, 1.54) is 0 Å². The summed E-state index contributed by atoms with van der Waals surface area (Å²) in [5, 5.41) is 0. The molecule has 0 radical (unpaired) electrons. The average Bonchev–Trinajstić information content (AvgIpc) is 2.15. The zero-order chi connectivity index (χ0) is 12.3. The van der Waals surface area contributed by atoms with Gasteiger partial charge in [-0.15, -0.1) is 0 Å². The summed E-state index contributed by atoms with van der Waals surface area (Å²) in [6, 6.07) is 1.25. The molecule has 3 nitrogen and oxygen atoms in total. The number of piperazine rings is 1. The Morgan fingerprint density at radius 2 is 1.62 bits per heavy atom. The molecule has 1 aliphatic rings. The van der Waals surface area contributed by atoms with Crippen molar-refractivity contribution in [2.24, 2.45) is 0 Å². The second kappa shape index (κ2) is 5.48. The average molecular weight is 228 g/mol. The van der Waals surface area contributed by atoms with Gasteiger partial charge in [-0.25, -0.2) is 0 Å². The van der Waals surface area contributed by atoms with Crippen LogP contribution >= 0.6 is 0 Å². The molecule has 1 heterocycles. The van der Waals surface area contributed by atoms with Gasteiger partial charge in [0.25, 0.3) is 0 Å². The third-order valence-corrected chi connectivity index (χ3v) is 3.60. The summed E-state index contributed by atoms with van der Waals surface area (Å²) in [5.41, 5.74) is 0.288. The van der Waals surface area contributed by atoms with E-state index in [1.54, 1.807) is 7.11 Å². The summed E-state index contributed by atoms with van der Waals surface area (Å²) < 4.78 is 5.18. The Hall–Kier alpha value is -0.120. The number of methoxy groups -OCH3 is 1. The van der Waals surface area contributed by atoms with Crippen molar-refractivity contribution >= 4 is 0 Å². The maximum absolute atomic E-state index is 5.18. The zero-order valence-corrected chi connectivity index (χ0v) is 11.8. The summed E-state index contributed by atoms with van der Waals surface area (Å²) in [7, 11) is 1.78. The fourth-order valence-electron chi connectivity index (χ4n) is 2.54. The topological polar surface area (TPSA) is 15.7 Å². The molecule has 1 saturated heterocycles. The number of ether oxygens (including phenoxy) is 1. The maximum Gasteiger partial charge on any atom is 0.0589 e. The van der Waals surface area contributed by atoms with Gasteiger partial charge in [0.1, 0.15) is 0 Å². The first kappa shape index (κ1) is 13.9. The van der Waals surface area contributed by atoms with E-state index in [2.05, 4.69) is 44.4 Å². The molecular formula is C13H28N2O. The smallest absolute Gasteiger partial charge is 0.0589 e. The molecule has 0 bridgehead atoms. The first-order valence-electron chi connectivity index (χ1n) is 6.36. The van der Waals surface area contributed by atoms with E-state index in [0.29, 0.717) is 12.1 Å². The lowest BCUT2D eigenvalue weighted by atomic mass is 9.99. The number of hydrogen-bond acceptors (Lipinski definition) is 3. The van der Waals surface area contributed by atoms with E-state index in [1.807, 2.05) is 0 Å². The van der Waals surface area contributed by atoms with Crippen molar-refractivity contribution in [1.82, 2.24) is 9.80 Å². The summed E-state index contributed by atoms with van der Waals surface area (Å²) in [6.45, 7) is 15.8. The SMILES string of the molecule is COCCN1C(C)CN(C(C)(C)C)CC1C. The third-order valence-electron chi connectivity index (χ3n) is 3.60. The standard InChI is InChI=1S/C13H28N2O/c1-11-9-14(13(3,4)5)10-12(2)15(11)7-8-16-6/h11-12H,7-10H2,1-6H3. The van der Waals surface area contributed by atoms with Gasteiger partial charge < -0.3 is 4.74 Å². The van der Waals surface area contributed by atoms with Crippen molar-refractivity contribution in [1.29, 1.82) is 0 Å². The van der Waals surface area contributed by atoms with Crippen molar-refractivity contribution in [2.45, 2.75) is 52.2 Å². The first-order valence-corrected chi connectivity index (χ1v) is 6.36. The van der Waals surface area contributed by atoms with Gasteiger partial charge in [-0.2, -0.15) is 0 Å². The van der Waals surface area contributed by atoms with E-state index in [4.69, 9.17) is 4.74 Å². The van der Waals surface area contributed by atoms with Gasteiger partial charge in [-0.3, -0.25) is 9.80 Å². The van der Waals surface area contributed by atoms with Gasteiger partial charge in [0.05, 0.1) is 6.61 Å². The molecule has 0 aromatic rings. The Bertz CT molecular complexity index is 200. The minimum absolute atomic E-state index is 0.288. The van der Waals surface area contributed by atoms with Crippen LogP contribution in [0, 0.1) is 0 Å². The summed E-state index contributed by atoms with van der Waals surface area (Å²) in [4.78, 5) is 5.15. The molecule has 2 atom stereocenters. The van der Waals surface area contributed by atoms with Gasteiger partial charge in [-0.05, 0) is 34.6 Å². The van der Waals surface area contributed by atoms with Crippen LogP contribution in [-0.4, -0.2) is 60.8 Å². The van der Waals surface area contributed by atoms with E-state index < -0.39 is 0 Å². The lowest BCUT2D eigenvalue weighted by Gasteiger charge is -2.49. The van der Waals surface area contributed by atoms with Gasteiger partial charge >= 0.3 is 0 Å². The van der Waals surface area contributed by atoms with Crippen LogP contribution in [0.1, 0.15) is 34.6 Å². The fraction of sp³-hybridized carbons (Fsp3) is 1.00. The van der Waals surface area contributed by atoms with Gasteiger partial charge in [-0.1, -0.05) is 0 Å². The highest BCUT2D eigenvalue weighted by molar-refractivity contribution is 4.90. The van der Waals surface area contributed by atoms with Crippen LogP contribution in [0.3, 0.4) is 0 Å². The molecule has 0 spiro atoms. The Labute approximate surface area is 101 Å². The molecular weight excluding hydrogens is 200 g/mol. The Balaban J connectivity index is 2.57. The number of rotatable bonds is 3. The molecule has 1 rings (SSSR count). The Morgan fingerprint density at radius 3 is 2.00 bits per heavy atom. The van der Waals surface area contributed by atoms with Crippen LogP contribution in [0.5, 0.6) is 0 Å². The van der Waals surface area contributed by atoms with Crippen molar-refractivity contribution in [3.63, 3.8) is 0 Å². The molecule has 96 valence electrons. The maximum atomic E-state index is 5.18. The predicted octanol–water partition coefficient (Wildman–Crippen LogP) is 1.83. The molecule has 1 fully saturated rings. The molecule has 0 N–H and O–H groups in total. The molecule has 16 heavy (non-hydrogen) atoms. The van der Waals surface area contributed by atoms with Crippen LogP contribution in [0.4, 0.5) is 0 Å². The van der Waals surface area contributed by atoms with Crippen molar-refractivity contribution in [3.8, 4) is 0 Å². The molecule has 0 aliphatic carbocycles. The van der Waals surface area contributed by atoms with Crippen molar-refractivity contribution < 1.29 is 4.74 Å². The minimum Gasteiger partial charge on any atom is -0.383 e. The van der Waals surface area contributed by atoms with Crippen molar-refractivity contribution in [2.75, 3.05) is 33.4 Å². The summed E-state index contributed by atoms with van der Waals surface area (Å²) >= 11 is 0. The minimum atomic E-state index is 0.288. The molecule has 0 saturated carbocycles. The van der Waals surface area contributed by atoms with Crippen LogP contribution in [-0.2, 0) is 4.74 Å². The lowest BCUT2D eigenvalue weighted by Crippen LogP contribution is -2.61. The van der Waals surface area contributed by atoms with Crippen LogP contribution in [0.15, 0.2) is 0 Å². The van der Waals surface area contributed by atoms with E-state index >= 15 is 0 Å². The van der Waals surface area contributed by atoms with E-state index in [9.17, 15) is 0 Å². The molecule has 0 aromatic carbocycles. The highest BCUT2D eigenvalue weighted by atomic mass is 16.5. The quantitative estimate of drug-likeness (QED) is 0.733. The number of hydrogen-bond donors (Lipinski definition) is 0. The molecule has 2 unspecified atom stereocenters. The largest absolute Gasteiger partial charge is 0.383 e. The monoisotopic (exact) mass is 228 g/mol. The zero-order valence-electron chi connectivity index (χ0n) is 11.8. The summed E-state index contributed by atoms with van der Waals surface area (Å²) in [5.74, 6) is 0. The van der Waals surface area contributed by atoms with Crippen LogP contribution < -0.4 is 0 Å². The summed E-state index contributed by atoms with van der Waals surface area (Å²) in [6.07, 6.45) is 0. The molecule has 1 aliphatic heterocycles. The van der Waals surface area contributed by atoms with Gasteiger partial charge in [0, 0.05) is 44.4 Å². The first-order chi connectivity index (χ1) is 7.36. The molecule has 0 amide bonds. The molecule has 3 heteroatoms. The van der Waals surface area contributed by atoms with Crippen molar-refractivity contribution in [3.05, 3.63) is 0 Å². The highest BCUT2D eigenvalue weighted by Gasteiger charge is 2.33. The van der Waals surface area contributed by atoms with Crippen LogP contribution in [0.25, 0.3) is 0 Å². The highest BCUT2D eigenvalue weighted by Crippen LogP contribution is 2.22. The van der Waals surface area contributed by atoms with Gasteiger partial charge in [0.2, 0.25) is 0 Å². The second-order valence-corrected chi connectivity index (χ2v) is 6.00. The Morgan fingerprint density at radius 1 is 1.12 bits per heavy atom. The van der Waals surface area contributed by atoms with Crippen LogP contribution in [0.2, 0.25) is 0 Å². The second-order valence-electron chi connectivity index (χ2n) is 6.00. The van der Waals surface area contributed by atoms with Gasteiger partial charge in [0.15, 0.2) is 0 Å². The van der Waals surface area contributed by atoms with E-state index in [0.717, 1.165) is 26.2 Å². The normalized spacial score (nSPS) is 29.6. The third kappa shape index (κ3) is 3.44.